The topological polar surface area (TPSA) is 64.3 Å². The minimum Gasteiger partial charge on any atom is -0.373 e. The van der Waals surface area contributed by atoms with E-state index in [4.69, 9.17) is 10.5 Å². The fraction of sp³-hybridized carbons (Fsp3) is 0.909. The Balaban J connectivity index is 2.31. The highest BCUT2D eigenvalue weighted by atomic mass is 16.5. The highest BCUT2D eigenvalue weighted by Gasteiger charge is 2.37. The molecule has 0 radical (unpaired) electrons. The van der Waals surface area contributed by atoms with Crippen molar-refractivity contribution < 1.29 is 9.53 Å². The van der Waals surface area contributed by atoms with Gasteiger partial charge in [-0.3, -0.25) is 4.79 Å². The van der Waals surface area contributed by atoms with E-state index in [-0.39, 0.29) is 11.5 Å². The van der Waals surface area contributed by atoms with Gasteiger partial charge in [0.15, 0.2) is 0 Å². The molecule has 1 rings (SSSR count). The predicted octanol–water partition coefficient (Wildman–Crippen LogP) is 0.657. The molecule has 1 amide bonds. The molecule has 88 valence electrons. The molecule has 3 N–H and O–H groups in total. The number of hydrogen-bond donors (Lipinski definition) is 2. The Labute approximate surface area is 91.5 Å². The second-order valence-electron chi connectivity index (χ2n) is 4.51. The van der Waals surface area contributed by atoms with Crippen molar-refractivity contribution in [2.75, 3.05) is 20.2 Å². The monoisotopic (exact) mass is 214 g/mol. The fourth-order valence-corrected chi connectivity index (χ4v) is 2.21. The number of amides is 1. The van der Waals surface area contributed by atoms with Crippen LogP contribution in [0.15, 0.2) is 0 Å². The van der Waals surface area contributed by atoms with Gasteiger partial charge < -0.3 is 15.8 Å². The van der Waals surface area contributed by atoms with Gasteiger partial charge in [-0.05, 0) is 25.2 Å². The molecule has 1 fully saturated rings. The summed E-state index contributed by atoms with van der Waals surface area (Å²) in [6.45, 7) is 3.26. The summed E-state index contributed by atoms with van der Waals surface area (Å²) >= 11 is 0. The minimum atomic E-state index is -0.159. The summed E-state index contributed by atoms with van der Waals surface area (Å²) < 4.78 is 5.80. The molecular weight excluding hydrogens is 192 g/mol. The third-order valence-corrected chi connectivity index (χ3v) is 3.20. The summed E-state index contributed by atoms with van der Waals surface area (Å²) in [6.07, 6.45) is 3.65. The Hall–Kier alpha value is -0.610. The molecule has 1 aliphatic rings. The molecule has 0 aliphatic heterocycles. The summed E-state index contributed by atoms with van der Waals surface area (Å²) in [5.41, 5.74) is 5.60. The lowest BCUT2D eigenvalue weighted by Gasteiger charge is -2.28. The third kappa shape index (κ3) is 3.47. The van der Waals surface area contributed by atoms with Gasteiger partial charge in [0.05, 0.1) is 12.2 Å². The van der Waals surface area contributed by atoms with Gasteiger partial charge in [-0.1, -0.05) is 6.92 Å². The first kappa shape index (κ1) is 12.5. The van der Waals surface area contributed by atoms with E-state index in [0.29, 0.717) is 25.5 Å². The van der Waals surface area contributed by atoms with E-state index in [1.807, 2.05) is 0 Å². The van der Waals surface area contributed by atoms with E-state index in [1.54, 1.807) is 7.05 Å². The zero-order valence-corrected chi connectivity index (χ0v) is 9.71. The van der Waals surface area contributed by atoms with Gasteiger partial charge in [-0.2, -0.15) is 0 Å². The van der Waals surface area contributed by atoms with E-state index >= 15 is 0 Å². The smallest absolute Gasteiger partial charge is 0.222 e. The average Bonchev–Trinajstić information content (AvgIpc) is 2.61. The van der Waals surface area contributed by atoms with Crippen molar-refractivity contribution in [3.8, 4) is 0 Å². The molecule has 2 unspecified atom stereocenters. The lowest BCUT2D eigenvalue weighted by Crippen LogP contribution is -2.39. The molecule has 4 nitrogen and oxygen atoms in total. The first-order valence-electron chi connectivity index (χ1n) is 5.66. The average molecular weight is 214 g/mol. The molecule has 1 saturated carbocycles. The third-order valence-electron chi connectivity index (χ3n) is 3.20. The standard InChI is InChI=1S/C11H22N2O2/c1-9-3-5-11(7-9,8-12)15-6-4-10(14)13-2/h9H,3-8,12H2,1-2H3,(H,13,14). The number of carbonyl (C=O) groups is 1. The Bertz CT molecular complexity index is 221. The van der Waals surface area contributed by atoms with Crippen molar-refractivity contribution in [3.63, 3.8) is 0 Å². The van der Waals surface area contributed by atoms with E-state index in [0.717, 1.165) is 12.8 Å². The van der Waals surface area contributed by atoms with Crippen molar-refractivity contribution in [2.45, 2.75) is 38.2 Å². The van der Waals surface area contributed by atoms with Crippen LogP contribution in [0.1, 0.15) is 32.6 Å². The summed E-state index contributed by atoms with van der Waals surface area (Å²) in [5, 5.41) is 2.58. The molecule has 0 aromatic carbocycles. The van der Waals surface area contributed by atoms with Gasteiger partial charge in [0.25, 0.3) is 0 Å². The van der Waals surface area contributed by atoms with Gasteiger partial charge in [-0.25, -0.2) is 0 Å². The lowest BCUT2D eigenvalue weighted by molar-refractivity contribution is -0.123. The quantitative estimate of drug-likeness (QED) is 0.706. The molecule has 2 atom stereocenters. The number of hydrogen-bond acceptors (Lipinski definition) is 3. The number of nitrogens with one attached hydrogen (secondary N) is 1. The van der Waals surface area contributed by atoms with Crippen LogP contribution in [-0.2, 0) is 9.53 Å². The van der Waals surface area contributed by atoms with Crippen LogP contribution in [0.2, 0.25) is 0 Å². The van der Waals surface area contributed by atoms with Gasteiger partial charge in [0, 0.05) is 20.0 Å². The second-order valence-corrected chi connectivity index (χ2v) is 4.51. The predicted molar refractivity (Wildman–Crippen MR) is 59.4 cm³/mol. The molecule has 0 aromatic heterocycles. The highest BCUT2D eigenvalue weighted by Crippen LogP contribution is 2.36. The maximum absolute atomic E-state index is 11.0. The highest BCUT2D eigenvalue weighted by molar-refractivity contribution is 5.75. The van der Waals surface area contributed by atoms with Crippen molar-refractivity contribution in [1.29, 1.82) is 0 Å². The Kier molecular flexibility index (Phi) is 4.54. The lowest BCUT2D eigenvalue weighted by atomic mass is 10.0. The molecule has 0 saturated heterocycles. The maximum atomic E-state index is 11.0. The van der Waals surface area contributed by atoms with Crippen LogP contribution < -0.4 is 11.1 Å². The number of ether oxygens (including phenoxy) is 1. The molecule has 0 spiro atoms. The summed E-state index contributed by atoms with van der Waals surface area (Å²) in [4.78, 5) is 11.0. The number of nitrogens with two attached hydrogens (primary N) is 1. The Morgan fingerprint density at radius 2 is 2.40 bits per heavy atom. The van der Waals surface area contributed by atoms with E-state index < -0.39 is 0 Å². The summed E-state index contributed by atoms with van der Waals surface area (Å²) in [7, 11) is 1.64. The first-order chi connectivity index (χ1) is 7.12. The van der Waals surface area contributed by atoms with E-state index in [2.05, 4.69) is 12.2 Å². The van der Waals surface area contributed by atoms with Gasteiger partial charge in [0.2, 0.25) is 5.91 Å². The Morgan fingerprint density at radius 3 is 2.87 bits per heavy atom. The Morgan fingerprint density at radius 1 is 1.67 bits per heavy atom. The number of rotatable bonds is 5. The number of carbonyl (C=O) groups excluding carboxylic acids is 1. The van der Waals surface area contributed by atoms with Crippen LogP contribution in [0.3, 0.4) is 0 Å². The van der Waals surface area contributed by atoms with Crippen LogP contribution in [-0.4, -0.2) is 31.7 Å². The fourth-order valence-electron chi connectivity index (χ4n) is 2.21. The van der Waals surface area contributed by atoms with Crippen molar-refractivity contribution in [3.05, 3.63) is 0 Å². The molecule has 4 heteroatoms. The van der Waals surface area contributed by atoms with Crippen LogP contribution in [0.4, 0.5) is 0 Å². The molecular formula is C11H22N2O2. The van der Waals surface area contributed by atoms with Crippen molar-refractivity contribution in [2.24, 2.45) is 11.7 Å². The molecule has 1 aliphatic carbocycles. The van der Waals surface area contributed by atoms with E-state index in [9.17, 15) is 4.79 Å². The molecule has 0 aromatic rings. The largest absolute Gasteiger partial charge is 0.373 e. The summed E-state index contributed by atoms with van der Waals surface area (Å²) in [5.74, 6) is 0.710. The van der Waals surface area contributed by atoms with Crippen molar-refractivity contribution >= 4 is 5.91 Å². The normalized spacial score (nSPS) is 30.5. The van der Waals surface area contributed by atoms with Gasteiger partial charge >= 0.3 is 0 Å². The SMILES string of the molecule is CNC(=O)CCOC1(CN)CCC(C)C1. The first-order valence-corrected chi connectivity index (χ1v) is 5.66. The zero-order valence-electron chi connectivity index (χ0n) is 9.71. The van der Waals surface area contributed by atoms with E-state index in [1.165, 1.54) is 6.42 Å². The second kappa shape index (κ2) is 5.47. The molecule has 0 heterocycles. The minimum absolute atomic E-state index is 0.0215. The van der Waals surface area contributed by atoms with Crippen LogP contribution >= 0.6 is 0 Å². The molecule has 0 bridgehead atoms. The molecule has 15 heavy (non-hydrogen) atoms. The zero-order chi connectivity index (χ0) is 11.3. The van der Waals surface area contributed by atoms with Gasteiger partial charge in [0.1, 0.15) is 0 Å². The van der Waals surface area contributed by atoms with Crippen LogP contribution in [0, 0.1) is 5.92 Å². The maximum Gasteiger partial charge on any atom is 0.222 e. The summed E-state index contributed by atoms with van der Waals surface area (Å²) in [6, 6.07) is 0. The van der Waals surface area contributed by atoms with Crippen molar-refractivity contribution in [1.82, 2.24) is 5.32 Å². The van der Waals surface area contributed by atoms with Crippen LogP contribution in [0.25, 0.3) is 0 Å². The van der Waals surface area contributed by atoms with Crippen LogP contribution in [0.5, 0.6) is 0 Å². The van der Waals surface area contributed by atoms with Gasteiger partial charge in [-0.15, -0.1) is 0 Å².